The van der Waals surface area contributed by atoms with E-state index in [-0.39, 0.29) is 11.9 Å². The first-order chi connectivity index (χ1) is 12.7. The number of nitrogens with one attached hydrogen (secondary N) is 2. The Morgan fingerprint density at radius 2 is 2.12 bits per heavy atom. The average Bonchev–Trinajstić information content (AvgIpc) is 3.35. The molecular formula is C19H22N6O. The summed E-state index contributed by atoms with van der Waals surface area (Å²) in [6.45, 7) is 2.72. The van der Waals surface area contributed by atoms with Gasteiger partial charge in [0.1, 0.15) is 5.82 Å². The van der Waals surface area contributed by atoms with Crippen molar-refractivity contribution in [2.45, 2.75) is 45.2 Å². The fraction of sp³-hybridized carbons (Fsp3) is 0.368. The van der Waals surface area contributed by atoms with Crippen LogP contribution in [-0.4, -0.2) is 36.9 Å². The zero-order valence-electron chi connectivity index (χ0n) is 14.8. The molecule has 3 aromatic rings. The molecule has 7 heteroatoms. The number of hydrogen-bond donors (Lipinski definition) is 2. The molecule has 0 unspecified atom stereocenters. The molecule has 0 saturated carbocycles. The van der Waals surface area contributed by atoms with Crippen LogP contribution in [0.15, 0.2) is 36.5 Å². The number of amides is 1. The molecule has 26 heavy (non-hydrogen) atoms. The second-order valence-corrected chi connectivity index (χ2v) is 6.73. The molecule has 1 atom stereocenters. The smallest absolute Gasteiger partial charge is 0.220 e. The summed E-state index contributed by atoms with van der Waals surface area (Å²) in [4.78, 5) is 16.3. The summed E-state index contributed by atoms with van der Waals surface area (Å²) in [5, 5.41) is 14.8. The van der Waals surface area contributed by atoms with Gasteiger partial charge >= 0.3 is 0 Å². The summed E-state index contributed by atoms with van der Waals surface area (Å²) in [5.74, 6) is 1.71. The second kappa shape index (κ2) is 7.11. The molecule has 3 heterocycles. The number of rotatable bonds is 6. The molecule has 2 aromatic heterocycles. The third-order valence-corrected chi connectivity index (χ3v) is 4.79. The molecule has 1 aromatic carbocycles. The predicted molar refractivity (Wildman–Crippen MR) is 97.4 cm³/mol. The maximum atomic E-state index is 11.5. The first kappa shape index (κ1) is 16.5. The van der Waals surface area contributed by atoms with Crippen molar-refractivity contribution in [2.24, 2.45) is 0 Å². The topological polar surface area (TPSA) is 88.5 Å². The van der Waals surface area contributed by atoms with Crippen molar-refractivity contribution >= 4 is 5.91 Å². The standard InChI is InChI=1S/C19H22N6O/c1-13-16(12-20-23-13)19-22-17(11-15-7-8-18(26)21-15)25(24-19)10-9-14-5-3-2-4-6-14/h2-6,12,15H,7-11H2,1H3,(H,20,23)(H,21,26)/t15-/m1/s1. The number of hydrogen-bond acceptors (Lipinski definition) is 4. The highest BCUT2D eigenvalue weighted by Crippen LogP contribution is 2.20. The lowest BCUT2D eigenvalue weighted by atomic mass is 10.1. The maximum Gasteiger partial charge on any atom is 0.220 e. The van der Waals surface area contributed by atoms with Crippen LogP contribution in [0, 0.1) is 6.92 Å². The third-order valence-electron chi connectivity index (χ3n) is 4.79. The van der Waals surface area contributed by atoms with Gasteiger partial charge in [0, 0.05) is 31.1 Å². The summed E-state index contributed by atoms with van der Waals surface area (Å²) < 4.78 is 1.97. The average molecular weight is 350 g/mol. The largest absolute Gasteiger partial charge is 0.353 e. The van der Waals surface area contributed by atoms with Crippen LogP contribution in [0.3, 0.4) is 0 Å². The van der Waals surface area contributed by atoms with Crippen molar-refractivity contribution in [1.29, 1.82) is 0 Å². The van der Waals surface area contributed by atoms with Crippen molar-refractivity contribution < 1.29 is 4.79 Å². The molecule has 0 radical (unpaired) electrons. The highest BCUT2D eigenvalue weighted by Gasteiger charge is 2.24. The maximum absolute atomic E-state index is 11.5. The minimum absolute atomic E-state index is 0.122. The Kier molecular flexibility index (Phi) is 4.51. The molecule has 7 nitrogen and oxygen atoms in total. The molecule has 1 saturated heterocycles. The van der Waals surface area contributed by atoms with Gasteiger partial charge in [-0.15, -0.1) is 0 Å². The summed E-state index contributed by atoms with van der Waals surface area (Å²) in [6.07, 6.45) is 4.79. The molecule has 1 aliphatic heterocycles. The quantitative estimate of drug-likeness (QED) is 0.712. The molecule has 0 spiro atoms. The fourth-order valence-electron chi connectivity index (χ4n) is 3.33. The van der Waals surface area contributed by atoms with E-state index >= 15 is 0 Å². The molecule has 0 bridgehead atoms. The van der Waals surface area contributed by atoms with E-state index in [2.05, 4.69) is 27.6 Å². The Balaban J connectivity index is 1.58. The van der Waals surface area contributed by atoms with Gasteiger partial charge in [-0.25, -0.2) is 9.67 Å². The van der Waals surface area contributed by atoms with E-state index in [0.717, 1.165) is 36.5 Å². The van der Waals surface area contributed by atoms with Crippen molar-refractivity contribution in [1.82, 2.24) is 30.3 Å². The van der Waals surface area contributed by atoms with Crippen LogP contribution in [0.1, 0.15) is 29.9 Å². The lowest BCUT2D eigenvalue weighted by Crippen LogP contribution is -2.28. The van der Waals surface area contributed by atoms with Gasteiger partial charge in [-0.1, -0.05) is 30.3 Å². The van der Waals surface area contributed by atoms with E-state index in [0.29, 0.717) is 18.7 Å². The summed E-state index contributed by atoms with van der Waals surface area (Å²) >= 11 is 0. The Labute approximate surface area is 151 Å². The Hall–Kier alpha value is -2.96. The van der Waals surface area contributed by atoms with Gasteiger partial charge in [-0.2, -0.15) is 10.2 Å². The van der Waals surface area contributed by atoms with Crippen LogP contribution in [0.25, 0.3) is 11.4 Å². The van der Waals surface area contributed by atoms with Crippen molar-refractivity contribution in [2.75, 3.05) is 0 Å². The highest BCUT2D eigenvalue weighted by molar-refractivity contribution is 5.78. The van der Waals surface area contributed by atoms with E-state index in [4.69, 9.17) is 10.1 Å². The molecule has 4 rings (SSSR count). The summed E-state index contributed by atoms with van der Waals surface area (Å²) in [7, 11) is 0. The van der Waals surface area contributed by atoms with Crippen molar-refractivity contribution in [3.8, 4) is 11.4 Å². The summed E-state index contributed by atoms with van der Waals surface area (Å²) in [6, 6.07) is 10.5. The predicted octanol–water partition coefficient (Wildman–Crippen LogP) is 2.04. The van der Waals surface area contributed by atoms with E-state index < -0.39 is 0 Å². The highest BCUT2D eigenvalue weighted by atomic mass is 16.1. The number of nitrogens with zero attached hydrogens (tertiary/aromatic N) is 4. The van der Waals surface area contributed by atoms with E-state index in [1.54, 1.807) is 6.20 Å². The van der Waals surface area contributed by atoms with Gasteiger partial charge in [-0.05, 0) is 25.3 Å². The molecular weight excluding hydrogens is 328 g/mol. The molecule has 1 amide bonds. The molecule has 0 aliphatic carbocycles. The first-order valence-corrected chi connectivity index (χ1v) is 8.96. The minimum Gasteiger partial charge on any atom is -0.353 e. The number of carbonyl (C=O) groups is 1. The summed E-state index contributed by atoms with van der Waals surface area (Å²) in [5.41, 5.74) is 3.13. The van der Waals surface area contributed by atoms with Gasteiger partial charge in [-0.3, -0.25) is 9.89 Å². The fourth-order valence-corrected chi connectivity index (χ4v) is 3.33. The number of aromatic nitrogens is 5. The van der Waals surface area contributed by atoms with E-state index in [1.807, 2.05) is 29.8 Å². The number of aryl methyl sites for hydroxylation is 3. The Morgan fingerprint density at radius 3 is 2.81 bits per heavy atom. The zero-order valence-corrected chi connectivity index (χ0v) is 14.8. The second-order valence-electron chi connectivity index (χ2n) is 6.73. The lowest BCUT2D eigenvalue weighted by molar-refractivity contribution is -0.119. The first-order valence-electron chi connectivity index (χ1n) is 8.96. The number of carbonyl (C=O) groups excluding carboxylic acids is 1. The lowest BCUT2D eigenvalue weighted by Gasteiger charge is -2.10. The normalized spacial score (nSPS) is 16.8. The number of aromatic amines is 1. The third kappa shape index (κ3) is 3.51. The molecule has 1 fully saturated rings. The zero-order chi connectivity index (χ0) is 17.9. The van der Waals surface area contributed by atoms with Gasteiger partial charge in [0.2, 0.25) is 5.91 Å². The SMILES string of the molecule is Cc1[nH]ncc1-c1nc(C[C@H]2CCC(=O)N2)n(CCc2ccccc2)n1. The number of benzene rings is 1. The van der Waals surface area contributed by atoms with Crippen LogP contribution in [0.2, 0.25) is 0 Å². The van der Waals surface area contributed by atoms with Crippen LogP contribution in [0.4, 0.5) is 0 Å². The number of H-pyrrole nitrogens is 1. The van der Waals surface area contributed by atoms with Crippen LogP contribution < -0.4 is 5.32 Å². The van der Waals surface area contributed by atoms with Crippen LogP contribution in [-0.2, 0) is 24.2 Å². The molecule has 2 N–H and O–H groups in total. The Morgan fingerprint density at radius 1 is 1.27 bits per heavy atom. The van der Waals surface area contributed by atoms with Gasteiger partial charge in [0.25, 0.3) is 0 Å². The van der Waals surface area contributed by atoms with Crippen molar-refractivity contribution in [3.63, 3.8) is 0 Å². The van der Waals surface area contributed by atoms with Crippen molar-refractivity contribution in [3.05, 3.63) is 53.6 Å². The van der Waals surface area contributed by atoms with Gasteiger partial charge < -0.3 is 5.32 Å². The van der Waals surface area contributed by atoms with E-state index in [1.165, 1.54) is 5.56 Å². The monoisotopic (exact) mass is 350 g/mol. The van der Waals surface area contributed by atoms with Gasteiger partial charge in [0.05, 0.1) is 11.8 Å². The Bertz CT molecular complexity index is 898. The molecule has 134 valence electrons. The molecule has 1 aliphatic rings. The van der Waals surface area contributed by atoms with E-state index in [9.17, 15) is 4.79 Å². The van der Waals surface area contributed by atoms with Crippen LogP contribution in [0.5, 0.6) is 0 Å². The van der Waals surface area contributed by atoms with Crippen LogP contribution >= 0.6 is 0 Å². The minimum atomic E-state index is 0.122. The van der Waals surface area contributed by atoms with Gasteiger partial charge in [0.15, 0.2) is 5.82 Å².